The molecule has 0 saturated heterocycles. The molecular weight excluding hydrogens is 280 g/mol. The Hall–Kier alpha value is -1.66. The van der Waals surface area contributed by atoms with Crippen molar-refractivity contribution in [3.05, 3.63) is 54.1 Å². The fourth-order valence-corrected chi connectivity index (χ4v) is 3.84. The normalized spacial score (nSPS) is 11.2. The van der Waals surface area contributed by atoms with Gasteiger partial charge >= 0.3 is 0 Å². The lowest BCUT2D eigenvalue weighted by Crippen LogP contribution is -2.31. The Labute approximate surface area is 117 Å². The molecule has 1 heterocycles. The van der Waals surface area contributed by atoms with Gasteiger partial charge < -0.3 is 0 Å². The highest BCUT2D eigenvalue weighted by molar-refractivity contribution is 7.93. The zero-order valence-corrected chi connectivity index (χ0v) is 12.1. The molecule has 0 fully saturated rings. The molecule has 0 amide bonds. The lowest BCUT2D eigenvalue weighted by Gasteiger charge is -2.20. The number of aromatic nitrogens is 1. The van der Waals surface area contributed by atoms with Crippen molar-refractivity contribution < 1.29 is 8.42 Å². The molecule has 0 bridgehead atoms. The maximum absolute atomic E-state index is 12.6. The van der Waals surface area contributed by atoms with Crippen molar-refractivity contribution in [3.8, 4) is 0 Å². The van der Waals surface area contributed by atoms with Crippen LogP contribution < -0.4 is 4.31 Å². The molecule has 0 radical (unpaired) electrons. The lowest BCUT2D eigenvalue weighted by atomic mass is 10.2. The van der Waals surface area contributed by atoms with Crippen LogP contribution in [0.3, 0.4) is 0 Å². The quantitative estimate of drug-likeness (QED) is 0.797. The fourth-order valence-electron chi connectivity index (χ4n) is 1.57. The van der Waals surface area contributed by atoms with E-state index in [-0.39, 0.29) is 11.4 Å². The first kappa shape index (κ1) is 13.8. The lowest BCUT2D eigenvalue weighted by molar-refractivity contribution is 0.592. The van der Waals surface area contributed by atoms with Crippen LogP contribution in [0.1, 0.15) is 5.56 Å². The van der Waals surface area contributed by atoms with Crippen molar-refractivity contribution in [2.45, 2.75) is 11.8 Å². The standard InChI is InChI=1S/C13H14N2O2S2/c1-3-9-15(13-14-8-10-18-13)19(16,17)12-6-4-11(2)5-7-12/h3-8,10H,1,9H2,2H3. The number of aryl methyl sites for hydroxylation is 1. The molecule has 0 N–H and O–H groups in total. The van der Waals surface area contributed by atoms with Gasteiger partial charge in [-0.25, -0.2) is 17.7 Å². The molecule has 2 aromatic rings. The number of rotatable bonds is 5. The molecule has 100 valence electrons. The van der Waals surface area contributed by atoms with Gasteiger partial charge in [0.2, 0.25) is 0 Å². The van der Waals surface area contributed by atoms with Gasteiger partial charge in [0, 0.05) is 11.6 Å². The molecule has 1 aromatic carbocycles. The molecule has 0 aliphatic heterocycles. The van der Waals surface area contributed by atoms with Crippen LogP contribution in [0.5, 0.6) is 0 Å². The summed E-state index contributed by atoms with van der Waals surface area (Å²) < 4.78 is 26.4. The minimum atomic E-state index is -3.59. The molecular formula is C13H14N2O2S2. The molecule has 0 unspecified atom stereocenters. The second-order valence-corrected chi connectivity index (χ2v) is 6.69. The van der Waals surface area contributed by atoms with E-state index < -0.39 is 10.0 Å². The third-order valence-corrected chi connectivity index (χ3v) is 5.22. The number of sulfonamides is 1. The Bertz CT molecular complexity index is 646. The summed E-state index contributed by atoms with van der Waals surface area (Å²) in [6.45, 7) is 5.72. The van der Waals surface area contributed by atoms with E-state index in [0.717, 1.165) is 5.56 Å². The molecule has 19 heavy (non-hydrogen) atoms. The molecule has 0 aliphatic carbocycles. The van der Waals surface area contributed by atoms with Gasteiger partial charge in [0.25, 0.3) is 10.0 Å². The van der Waals surface area contributed by atoms with Gasteiger partial charge in [-0.1, -0.05) is 23.8 Å². The van der Waals surface area contributed by atoms with Gasteiger partial charge in [-0.15, -0.1) is 17.9 Å². The zero-order valence-electron chi connectivity index (χ0n) is 10.5. The summed E-state index contributed by atoms with van der Waals surface area (Å²) in [5.41, 5.74) is 1.02. The van der Waals surface area contributed by atoms with Gasteiger partial charge in [-0.3, -0.25) is 0 Å². The third-order valence-electron chi connectivity index (χ3n) is 2.54. The van der Waals surface area contributed by atoms with Crippen LogP contribution in [0.25, 0.3) is 0 Å². The van der Waals surface area contributed by atoms with E-state index in [1.807, 2.05) is 6.92 Å². The summed E-state index contributed by atoms with van der Waals surface area (Å²) in [4.78, 5) is 4.32. The highest BCUT2D eigenvalue weighted by atomic mass is 32.2. The third kappa shape index (κ3) is 2.85. The largest absolute Gasteiger partial charge is 0.266 e. The number of hydrogen-bond donors (Lipinski definition) is 0. The molecule has 0 atom stereocenters. The monoisotopic (exact) mass is 294 g/mol. The van der Waals surface area contributed by atoms with E-state index >= 15 is 0 Å². The van der Waals surface area contributed by atoms with E-state index in [0.29, 0.717) is 5.13 Å². The van der Waals surface area contributed by atoms with Crippen molar-refractivity contribution in [2.75, 3.05) is 10.8 Å². The first-order chi connectivity index (χ1) is 9.05. The number of anilines is 1. The average molecular weight is 294 g/mol. The molecule has 2 rings (SSSR count). The van der Waals surface area contributed by atoms with E-state index in [2.05, 4.69) is 11.6 Å². The van der Waals surface area contributed by atoms with Gasteiger partial charge in [0.1, 0.15) is 0 Å². The van der Waals surface area contributed by atoms with E-state index in [4.69, 9.17) is 0 Å². The van der Waals surface area contributed by atoms with Gasteiger partial charge in [0.15, 0.2) is 5.13 Å². The Morgan fingerprint density at radius 2 is 2.05 bits per heavy atom. The van der Waals surface area contributed by atoms with Crippen LogP contribution in [-0.2, 0) is 10.0 Å². The first-order valence-electron chi connectivity index (χ1n) is 5.65. The smallest absolute Gasteiger partial charge is 0.237 e. The highest BCUT2D eigenvalue weighted by Crippen LogP contribution is 2.25. The zero-order chi connectivity index (χ0) is 13.9. The van der Waals surface area contributed by atoms with Crippen molar-refractivity contribution in [1.29, 1.82) is 0 Å². The summed E-state index contributed by atoms with van der Waals surface area (Å²) >= 11 is 1.28. The summed E-state index contributed by atoms with van der Waals surface area (Å²) in [7, 11) is -3.59. The molecule has 0 saturated carbocycles. The van der Waals surface area contributed by atoms with Crippen molar-refractivity contribution in [1.82, 2.24) is 4.98 Å². The van der Waals surface area contributed by atoms with Crippen molar-refractivity contribution in [3.63, 3.8) is 0 Å². The molecule has 1 aromatic heterocycles. The van der Waals surface area contributed by atoms with Crippen molar-refractivity contribution >= 4 is 26.5 Å². The number of benzene rings is 1. The second kappa shape index (κ2) is 5.54. The van der Waals surface area contributed by atoms with Crippen LogP contribution in [0.15, 0.2) is 53.4 Å². The summed E-state index contributed by atoms with van der Waals surface area (Å²) in [5, 5.41) is 2.19. The van der Waals surface area contributed by atoms with Crippen LogP contribution >= 0.6 is 11.3 Å². The molecule has 0 spiro atoms. The summed E-state index contributed by atoms with van der Waals surface area (Å²) in [5.74, 6) is 0. The second-order valence-electron chi connectivity index (χ2n) is 3.95. The Morgan fingerprint density at radius 3 is 2.58 bits per heavy atom. The maximum Gasteiger partial charge on any atom is 0.266 e. The SMILES string of the molecule is C=CCN(c1nccs1)S(=O)(=O)c1ccc(C)cc1. The number of nitrogens with zero attached hydrogens (tertiary/aromatic N) is 2. The van der Waals surface area contributed by atoms with Crippen LogP contribution in [-0.4, -0.2) is 19.9 Å². The minimum absolute atomic E-state index is 0.198. The van der Waals surface area contributed by atoms with Gasteiger partial charge in [-0.05, 0) is 19.1 Å². The number of thiazole rings is 1. The van der Waals surface area contributed by atoms with E-state index in [1.54, 1.807) is 41.9 Å². The Balaban J connectivity index is 2.45. The van der Waals surface area contributed by atoms with Gasteiger partial charge in [-0.2, -0.15) is 0 Å². The van der Waals surface area contributed by atoms with Crippen molar-refractivity contribution in [2.24, 2.45) is 0 Å². The molecule has 0 aliphatic rings. The molecule has 4 nitrogen and oxygen atoms in total. The molecule has 6 heteroatoms. The minimum Gasteiger partial charge on any atom is -0.237 e. The Morgan fingerprint density at radius 1 is 1.37 bits per heavy atom. The topological polar surface area (TPSA) is 50.3 Å². The summed E-state index contributed by atoms with van der Waals surface area (Å²) in [6, 6.07) is 6.77. The predicted octanol–water partition coefficient (Wildman–Crippen LogP) is 2.83. The summed E-state index contributed by atoms with van der Waals surface area (Å²) in [6.07, 6.45) is 3.13. The fraction of sp³-hybridized carbons (Fsp3) is 0.154. The first-order valence-corrected chi connectivity index (χ1v) is 7.97. The highest BCUT2D eigenvalue weighted by Gasteiger charge is 2.25. The van der Waals surface area contributed by atoms with Crippen LogP contribution in [0.2, 0.25) is 0 Å². The number of hydrogen-bond acceptors (Lipinski definition) is 4. The average Bonchev–Trinajstić information content (AvgIpc) is 2.89. The predicted molar refractivity (Wildman–Crippen MR) is 78.0 cm³/mol. The van der Waals surface area contributed by atoms with Crippen LogP contribution in [0.4, 0.5) is 5.13 Å². The maximum atomic E-state index is 12.6. The van der Waals surface area contributed by atoms with Gasteiger partial charge in [0.05, 0.1) is 11.4 Å². The van der Waals surface area contributed by atoms with E-state index in [9.17, 15) is 8.42 Å². The van der Waals surface area contributed by atoms with E-state index in [1.165, 1.54) is 15.6 Å². The van der Waals surface area contributed by atoms with Crippen LogP contribution in [0, 0.1) is 6.92 Å². The Kier molecular flexibility index (Phi) is 4.01.